The van der Waals surface area contributed by atoms with Crippen molar-refractivity contribution in [2.24, 2.45) is 11.8 Å². The summed E-state index contributed by atoms with van der Waals surface area (Å²) in [6.45, 7) is 4.39. The number of likely N-dealkylation sites (tertiary alicyclic amines) is 1. The van der Waals surface area contributed by atoms with Crippen LogP contribution in [-0.2, 0) is 4.79 Å². The lowest BCUT2D eigenvalue weighted by Gasteiger charge is -2.33. The number of halogens is 2. The Balaban J connectivity index is 1.85. The zero-order valence-electron chi connectivity index (χ0n) is 14.4. The first-order valence-electron chi connectivity index (χ1n) is 8.34. The Bertz CT molecular complexity index is 591. The van der Waals surface area contributed by atoms with Crippen LogP contribution in [0.15, 0.2) is 12.1 Å². The number of nitrogens with zero attached hydrogens (tertiary/aromatic N) is 2. The molecule has 0 aromatic carbocycles. The van der Waals surface area contributed by atoms with E-state index in [-0.39, 0.29) is 23.4 Å². The molecule has 0 spiro atoms. The van der Waals surface area contributed by atoms with Gasteiger partial charge in [-0.2, -0.15) is 8.78 Å². The van der Waals surface area contributed by atoms with Crippen LogP contribution in [0.4, 0.5) is 8.78 Å². The predicted octanol–water partition coefficient (Wildman–Crippen LogP) is 2.82. The molecule has 2 amide bonds. The monoisotopic (exact) mass is 341 g/mol. The lowest BCUT2D eigenvalue weighted by molar-refractivity contribution is -0.135. The Morgan fingerprint density at radius 2 is 1.88 bits per heavy atom. The van der Waals surface area contributed by atoms with Crippen LogP contribution in [0.2, 0.25) is 0 Å². The van der Waals surface area contributed by atoms with Gasteiger partial charge in [0.05, 0.1) is 0 Å². The Hall–Kier alpha value is -1.92. The molecule has 2 heterocycles. The zero-order chi connectivity index (χ0) is 17.9. The summed E-state index contributed by atoms with van der Waals surface area (Å²) >= 11 is 0. The van der Waals surface area contributed by atoms with Gasteiger partial charge in [0.15, 0.2) is 0 Å². The summed E-state index contributed by atoms with van der Waals surface area (Å²) in [5.41, 5.74) is 0.338. The lowest BCUT2D eigenvalue weighted by Crippen LogP contribution is -2.43. The van der Waals surface area contributed by atoms with Crippen LogP contribution < -0.4 is 5.32 Å². The highest BCUT2D eigenvalue weighted by Gasteiger charge is 2.25. The van der Waals surface area contributed by atoms with Crippen molar-refractivity contribution in [3.05, 3.63) is 23.5 Å². The highest BCUT2D eigenvalue weighted by atomic mass is 19.3. The highest BCUT2D eigenvalue weighted by molar-refractivity contribution is 5.93. The summed E-state index contributed by atoms with van der Waals surface area (Å²) < 4.78 is 26.7. The summed E-state index contributed by atoms with van der Waals surface area (Å²) in [5, 5.41) is 2.75. The molecule has 1 saturated heterocycles. The van der Waals surface area contributed by atoms with E-state index < -0.39 is 12.5 Å². The third-order valence-corrected chi connectivity index (χ3v) is 4.52. The second-order valence-corrected chi connectivity index (χ2v) is 6.64. The Morgan fingerprint density at radius 1 is 1.25 bits per heavy atom. The van der Waals surface area contributed by atoms with E-state index in [4.69, 9.17) is 0 Å². The maximum Gasteiger partial charge on any atom is 0.319 e. The quantitative estimate of drug-likeness (QED) is 0.895. The molecule has 1 aliphatic heterocycles. The third kappa shape index (κ3) is 4.13. The maximum atomic E-state index is 13.0. The summed E-state index contributed by atoms with van der Waals surface area (Å²) in [5.74, 6) is -0.0698. The average molecular weight is 341 g/mol. The summed E-state index contributed by atoms with van der Waals surface area (Å²) in [7, 11) is 0. The Labute approximate surface area is 141 Å². The summed E-state index contributed by atoms with van der Waals surface area (Å²) in [4.78, 5) is 26.0. The van der Waals surface area contributed by atoms with Crippen molar-refractivity contribution in [2.45, 2.75) is 40.2 Å². The lowest BCUT2D eigenvalue weighted by atomic mass is 9.96. The number of amides is 2. The van der Waals surface area contributed by atoms with Gasteiger partial charge in [-0.25, -0.2) is 0 Å². The number of carbonyl (C=O) groups is 2. The molecule has 0 saturated carbocycles. The molecule has 0 unspecified atom stereocenters. The number of piperidine rings is 1. The Morgan fingerprint density at radius 3 is 2.42 bits per heavy atom. The van der Waals surface area contributed by atoms with Crippen molar-refractivity contribution in [3.8, 4) is 0 Å². The van der Waals surface area contributed by atoms with Gasteiger partial charge in [0.2, 0.25) is 5.91 Å². The number of hydrogen-bond acceptors (Lipinski definition) is 2. The number of carbonyl (C=O) groups excluding carboxylic acids is 2. The van der Waals surface area contributed by atoms with E-state index in [0.717, 1.165) is 17.4 Å². The summed E-state index contributed by atoms with van der Waals surface area (Å²) in [6.07, 6.45) is 1.63. The molecule has 1 aromatic heterocycles. The molecular weight excluding hydrogens is 316 g/mol. The van der Waals surface area contributed by atoms with E-state index in [0.29, 0.717) is 25.3 Å². The van der Waals surface area contributed by atoms with E-state index in [1.807, 2.05) is 18.7 Å². The molecule has 1 aliphatic rings. The smallest absolute Gasteiger partial charge is 0.319 e. The first-order valence-corrected chi connectivity index (χ1v) is 8.34. The highest BCUT2D eigenvalue weighted by Crippen LogP contribution is 2.20. The standard InChI is InChI=1S/C17H25F2N3O2/c1-11(2)16(24)21-8-6-13(7-9-21)10-20-15(23)14-5-4-12(3)22(14)17(18)19/h4-5,11,13,17H,6-10H2,1-3H3,(H,20,23). The molecule has 1 N–H and O–H groups in total. The molecule has 1 fully saturated rings. The van der Waals surface area contributed by atoms with Gasteiger partial charge in [-0.05, 0) is 37.8 Å². The van der Waals surface area contributed by atoms with E-state index in [9.17, 15) is 18.4 Å². The molecule has 2 rings (SSSR count). The van der Waals surface area contributed by atoms with Crippen molar-refractivity contribution in [1.82, 2.24) is 14.8 Å². The molecule has 1 aromatic rings. The minimum absolute atomic E-state index is 0.00775. The molecule has 0 bridgehead atoms. The predicted molar refractivity (Wildman–Crippen MR) is 86.9 cm³/mol. The third-order valence-electron chi connectivity index (χ3n) is 4.52. The maximum absolute atomic E-state index is 13.0. The number of rotatable bonds is 5. The fourth-order valence-electron chi connectivity index (χ4n) is 3.04. The van der Waals surface area contributed by atoms with E-state index in [2.05, 4.69) is 5.32 Å². The number of aromatic nitrogens is 1. The molecule has 0 atom stereocenters. The van der Waals surface area contributed by atoms with Gasteiger partial charge < -0.3 is 10.2 Å². The topological polar surface area (TPSA) is 54.3 Å². The molecule has 134 valence electrons. The van der Waals surface area contributed by atoms with Crippen LogP contribution in [0, 0.1) is 18.8 Å². The average Bonchev–Trinajstić information content (AvgIpc) is 2.94. The van der Waals surface area contributed by atoms with Gasteiger partial charge in [0.1, 0.15) is 5.69 Å². The number of nitrogens with one attached hydrogen (secondary N) is 1. The van der Waals surface area contributed by atoms with Gasteiger partial charge >= 0.3 is 6.55 Å². The Kier molecular flexibility index (Phi) is 5.96. The van der Waals surface area contributed by atoms with Crippen molar-refractivity contribution in [1.29, 1.82) is 0 Å². The normalized spacial score (nSPS) is 16.0. The number of alkyl halides is 2. The van der Waals surface area contributed by atoms with Crippen LogP contribution in [0.1, 0.15) is 49.4 Å². The van der Waals surface area contributed by atoms with Gasteiger partial charge in [-0.1, -0.05) is 13.8 Å². The molecule has 0 aliphatic carbocycles. The molecule has 24 heavy (non-hydrogen) atoms. The van der Waals surface area contributed by atoms with Gasteiger partial charge in [0, 0.05) is 31.2 Å². The minimum Gasteiger partial charge on any atom is -0.350 e. The SMILES string of the molecule is Cc1ccc(C(=O)NCC2CCN(C(=O)C(C)C)CC2)n1C(F)F. The van der Waals surface area contributed by atoms with Crippen LogP contribution in [0.3, 0.4) is 0 Å². The van der Waals surface area contributed by atoms with Crippen molar-refractivity contribution in [2.75, 3.05) is 19.6 Å². The van der Waals surface area contributed by atoms with Crippen molar-refractivity contribution in [3.63, 3.8) is 0 Å². The molecule has 0 radical (unpaired) electrons. The van der Waals surface area contributed by atoms with E-state index in [1.54, 1.807) is 6.92 Å². The van der Waals surface area contributed by atoms with Crippen molar-refractivity contribution < 1.29 is 18.4 Å². The molecule has 5 nitrogen and oxygen atoms in total. The fourth-order valence-corrected chi connectivity index (χ4v) is 3.04. The van der Waals surface area contributed by atoms with Crippen LogP contribution in [0.25, 0.3) is 0 Å². The number of aryl methyl sites for hydroxylation is 1. The van der Waals surface area contributed by atoms with E-state index >= 15 is 0 Å². The minimum atomic E-state index is -2.73. The largest absolute Gasteiger partial charge is 0.350 e. The van der Waals surface area contributed by atoms with Crippen molar-refractivity contribution >= 4 is 11.8 Å². The zero-order valence-corrected chi connectivity index (χ0v) is 14.4. The second-order valence-electron chi connectivity index (χ2n) is 6.64. The number of hydrogen-bond donors (Lipinski definition) is 1. The molecule has 7 heteroatoms. The first-order chi connectivity index (χ1) is 11.3. The van der Waals surface area contributed by atoms with Crippen LogP contribution >= 0.6 is 0 Å². The van der Waals surface area contributed by atoms with Crippen LogP contribution in [0.5, 0.6) is 0 Å². The second kappa shape index (κ2) is 7.77. The first kappa shape index (κ1) is 18.4. The fraction of sp³-hybridized carbons (Fsp3) is 0.647. The van der Waals surface area contributed by atoms with E-state index in [1.165, 1.54) is 12.1 Å². The summed E-state index contributed by atoms with van der Waals surface area (Å²) in [6, 6.07) is 2.93. The molecular formula is C17H25F2N3O2. The van der Waals surface area contributed by atoms with Crippen LogP contribution in [-0.4, -0.2) is 40.9 Å². The van der Waals surface area contributed by atoms with Gasteiger partial charge in [-0.15, -0.1) is 0 Å². The van der Waals surface area contributed by atoms with Gasteiger partial charge in [0.25, 0.3) is 5.91 Å². The van der Waals surface area contributed by atoms with Gasteiger partial charge in [-0.3, -0.25) is 14.2 Å².